The minimum absolute atomic E-state index is 0.0647. The molecule has 0 aliphatic carbocycles. The molecule has 0 unspecified atom stereocenters. The van der Waals surface area contributed by atoms with Crippen LogP contribution >= 0.6 is 0 Å². The lowest BCUT2D eigenvalue weighted by Crippen LogP contribution is -2.26. The van der Waals surface area contributed by atoms with Gasteiger partial charge in [-0.25, -0.2) is 8.78 Å². The van der Waals surface area contributed by atoms with E-state index in [-0.39, 0.29) is 31.0 Å². The molecule has 1 amide bonds. The molecular weight excluding hydrogens is 354 g/mol. The van der Waals surface area contributed by atoms with E-state index in [0.717, 1.165) is 12.1 Å². The van der Waals surface area contributed by atoms with Gasteiger partial charge in [0.15, 0.2) is 11.5 Å². The van der Waals surface area contributed by atoms with Crippen LogP contribution in [0.15, 0.2) is 36.4 Å². The fraction of sp³-hybridized carbons (Fsp3) is 0.300. The van der Waals surface area contributed by atoms with Gasteiger partial charge in [0.25, 0.3) is 0 Å². The van der Waals surface area contributed by atoms with E-state index in [9.17, 15) is 13.6 Å². The van der Waals surface area contributed by atoms with Crippen molar-refractivity contribution in [2.75, 3.05) is 20.8 Å². The first-order valence-corrected chi connectivity index (χ1v) is 8.33. The Bertz CT molecular complexity index is 850. The van der Waals surface area contributed by atoms with E-state index in [1.54, 1.807) is 25.2 Å². The highest BCUT2D eigenvalue weighted by atomic mass is 19.1. The lowest BCUT2D eigenvalue weighted by atomic mass is 10.2. The zero-order valence-electron chi connectivity index (χ0n) is 15.2. The van der Waals surface area contributed by atoms with Crippen molar-refractivity contribution in [1.29, 1.82) is 5.26 Å². The number of amides is 1. The van der Waals surface area contributed by atoms with E-state index in [1.165, 1.54) is 18.1 Å². The Labute approximate surface area is 156 Å². The Kier molecular flexibility index (Phi) is 7.12. The van der Waals surface area contributed by atoms with Crippen LogP contribution in [-0.2, 0) is 11.3 Å². The van der Waals surface area contributed by atoms with Gasteiger partial charge in [-0.15, -0.1) is 0 Å². The summed E-state index contributed by atoms with van der Waals surface area (Å²) < 4.78 is 37.4. The molecule has 2 aromatic carbocycles. The quantitative estimate of drug-likeness (QED) is 0.662. The minimum Gasteiger partial charge on any atom is -0.493 e. The van der Waals surface area contributed by atoms with E-state index in [0.29, 0.717) is 23.5 Å². The highest BCUT2D eigenvalue weighted by molar-refractivity contribution is 5.75. The zero-order chi connectivity index (χ0) is 19.8. The molecule has 2 rings (SSSR count). The van der Waals surface area contributed by atoms with Crippen LogP contribution in [0.4, 0.5) is 8.78 Å². The minimum atomic E-state index is -0.675. The largest absolute Gasteiger partial charge is 0.493 e. The highest BCUT2D eigenvalue weighted by Crippen LogP contribution is 2.28. The molecule has 0 N–H and O–H groups in total. The smallest absolute Gasteiger partial charge is 0.222 e. The molecule has 2 aromatic rings. The third-order valence-electron chi connectivity index (χ3n) is 3.93. The van der Waals surface area contributed by atoms with Gasteiger partial charge < -0.3 is 14.4 Å². The molecule has 0 radical (unpaired) electrons. The molecule has 0 heterocycles. The molecule has 0 bridgehead atoms. The second kappa shape index (κ2) is 9.53. The number of hydrogen-bond donors (Lipinski definition) is 0. The van der Waals surface area contributed by atoms with Crippen LogP contribution in [0.1, 0.15) is 24.0 Å². The topological polar surface area (TPSA) is 62.6 Å². The van der Waals surface area contributed by atoms with Crippen LogP contribution < -0.4 is 9.47 Å². The van der Waals surface area contributed by atoms with E-state index in [1.807, 2.05) is 6.07 Å². The van der Waals surface area contributed by atoms with Crippen molar-refractivity contribution in [2.45, 2.75) is 19.4 Å². The SMILES string of the molecule is COc1cc(C#N)ccc1OCCCC(=O)N(C)Cc1ccc(F)cc1F. The summed E-state index contributed by atoms with van der Waals surface area (Å²) in [5.41, 5.74) is 0.717. The molecule has 0 atom stereocenters. The van der Waals surface area contributed by atoms with E-state index in [2.05, 4.69) is 0 Å². The first-order chi connectivity index (χ1) is 12.9. The molecule has 0 saturated heterocycles. The van der Waals surface area contributed by atoms with Crippen molar-refractivity contribution in [3.8, 4) is 17.6 Å². The fourth-order valence-electron chi connectivity index (χ4n) is 2.45. The number of methoxy groups -OCH3 is 1. The number of halogens is 2. The number of benzene rings is 2. The van der Waals surface area contributed by atoms with Crippen molar-refractivity contribution < 1.29 is 23.0 Å². The summed E-state index contributed by atoms with van der Waals surface area (Å²) in [6.45, 7) is 0.349. The van der Waals surface area contributed by atoms with Gasteiger partial charge in [-0.3, -0.25) is 4.79 Å². The number of nitriles is 1. The number of rotatable bonds is 8. The average Bonchev–Trinajstić information content (AvgIpc) is 2.67. The Morgan fingerprint density at radius 2 is 1.96 bits per heavy atom. The monoisotopic (exact) mass is 374 g/mol. The van der Waals surface area contributed by atoms with Crippen LogP contribution in [0.2, 0.25) is 0 Å². The normalized spacial score (nSPS) is 10.2. The van der Waals surface area contributed by atoms with Crippen molar-refractivity contribution in [3.05, 3.63) is 59.2 Å². The predicted octanol–water partition coefficient (Wildman–Crippen LogP) is 3.66. The second-order valence-corrected chi connectivity index (χ2v) is 5.91. The van der Waals surface area contributed by atoms with Gasteiger partial charge in [0.2, 0.25) is 5.91 Å². The number of hydrogen-bond acceptors (Lipinski definition) is 4. The summed E-state index contributed by atoms with van der Waals surface area (Å²) in [6, 6.07) is 10.1. The molecule has 27 heavy (non-hydrogen) atoms. The summed E-state index contributed by atoms with van der Waals surface area (Å²) in [7, 11) is 3.05. The van der Waals surface area contributed by atoms with E-state index < -0.39 is 11.6 Å². The van der Waals surface area contributed by atoms with Gasteiger partial charge in [0.05, 0.1) is 25.3 Å². The van der Waals surface area contributed by atoms with Crippen molar-refractivity contribution in [2.24, 2.45) is 0 Å². The molecule has 0 aliphatic heterocycles. The van der Waals surface area contributed by atoms with Gasteiger partial charge >= 0.3 is 0 Å². The Hall–Kier alpha value is -3.14. The van der Waals surface area contributed by atoms with Crippen LogP contribution in [0.5, 0.6) is 11.5 Å². The van der Waals surface area contributed by atoms with Gasteiger partial charge in [-0.2, -0.15) is 5.26 Å². The Morgan fingerprint density at radius 1 is 1.19 bits per heavy atom. The second-order valence-electron chi connectivity index (χ2n) is 5.91. The summed E-state index contributed by atoms with van der Waals surface area (Å²) >= 11 is 0. The molecule has 0 aliphatic rings. The molecule has 5 nitrogen and oxygen atoms in total. The number of carbonyl (C=O) groups is 1. The molecule has 142 valence electrons. The molecule has 0 aromatic heterocycles. The van der Waals surface area contributed by atoms with E-state index in [4.69, 9.17) is 14.7 Å². The molecular formula is C20H20F2N2O3. The van der Waals surface area contributed by atoms with Gasteiger partial charge in [-0.1, -0.05) is 6.07 Å². The average molecular weight is 374 g/mol. The van der Waals surface area contributed by atoms with Gasteiger partial charge in [0, 0.05) is 37.7 Å². The van der Waals surface area contributed by atoms with E-state index >= 15 is 0 Å². The summed E-state index contributed by atoms with van der Waals surface area (Å²) in [6.07, 6.45) is 0.677. The first-order valence-electron chi connectivity index (χ1n) is 8.33. The highest BCUT2D eigenvalue weighted by Gasteiger charge is 2.13. The van der Waals surface area contributed by atoms with Crippen LogP contribution in [0, 0.1) is 23.0 Å². The zero-order valence-corrected chi connectivity index (χ0v) is 15.2. The number of nitrogens with zero attached hydrogens (tertiary/aromatic N) is 2. The lowest BCUT2D eigenvalue weighted by Gasteiger charge is -2.18. The number of carbonyl (C=O) groups excluding carboxylic acids is 1. The third kappa shape index (κ3) is 5.68. The Balaban J connectivity index is 1.81. The van der Waals surface area contributed by atoms with Crippen LogP contribution in [-0.4, -0.2) is 31.6 Å². The predicted molar refractivity (Wildman–Crippen MR) is 95.3 cm³/mol. The van der Waals surface area contributed by atoms with Crippen LogP contribution in [0.3, 0.4) is 0 Å². The van der Waals surface area contributed by atoms with Crippen molar-refractivity contribution in [1.82, 2.24) is 4.90 Å². The Morgan fingerprint density at radius 3 is 2.63 bits per heavy atom. The lowest BCUT2D eigenvalue weighted by molar-refractivity contribution is -0.130. The number of ether oxygens (including phenoxy) is 2. The molecule has 0 saturated carbocycles. The standard InChI is InChI=1S/C20H20F2N2O3/c1-24(13-15-6-7-16(21)11-17(15)22)20(25)4-3-9-27-18-8-5-14(12-23)10-19(18)26-2/h5-8,10-11H,3-4,9,13H2,1-2H3. The molecule has 0 spiro atoms. The van der Waals surface area contributed by atoms with Crippen molar-refractivity contribution >= 4 is 5.91 Å². The summed E-state index contributed by atoms with van der Waals surface area (Å²) in [4.78, 5) is 13.5. The van der Waals surface area contributed by atoms with Crippen LogP contribution in [0.25, 0.3) is 0 Å². The first kappa shape index (κ1) is 20.2. The maximum absolute atomic E-state index is 13.7. The summed E-state index contributed by atoms with van der Waals surface area (Å²) in [5, 5.41) is 8.88. The van der Waals surface area contributed by atoms with Gasteiger partial charge in [0.1, 0.15) is 11.6 Å². The molecule has 7 heteroatoms. The summed E-state index contributed by atoms with van der Waals surface area (Å²) in [5.74, 6) is -0.560. The maximum Gasteiger partial charge on any atom is 0.222 e. The van der Waals surface area contributed by atoms with Gasteiger partial charge in [-0.05, 0) is 24.6 Å². The third-order valence-corrected chi connectivity index (χ3v) is 3.93. The fourth-order valence-corrected chi connectivity index (χ4v) is 2.45. The van der Waals surface area contributed by atoms with Crippen molar-refractivity contribution in [3.63, 3.8) is 0 Å². The molecule has 0 fully saturated rings. The maximum atomic E-state index is 13.7.